The van der Waals surface area contributed by atoms with E-state index in [1.54, 1.807) is 12.1 Å². The topological polar surface area (TPSA) is 91.1 Å². The average molecular weight is 310 g/mol. The molecule has 0 spiro atoms. The zero-order chi connectivity index (χ0) is 15.8. The lowest BCUT2D eigenvalue weighted by Crippen LogP contribution is -2.38. The quantitative estimate of drug-likeness (QED) is 0.447. The molecule has 0 aliphatic carbocycles. The first-order valence-electron chi connectivity index (χ1n) is 6.98. The van der Waals surface area contributed by atoms with Crippen molar-refractivity contribution >= 4 is 11.8 Å². The summed E-state index contributed by atoms with van der Waals surface area (Å²) in [6.07, 6.45) is -0.744. The number of nitro benzene ring substituents is 1. The third-order valence-electron chi connectivity index (χ3n) is 3.23. The molecular weight excluding hydrogens is 292 g/mol. The molecule has 0 amide bonds. The first-order valence-corrected chi connectivity index (χ1v) is 6.98. The molecule has 0 bridgehead atoms. The van der Waals surface area contributed by atoms with Crippen molar-refractivity contribution in [1.29, 1.82) is 0 Å². The van der Waals surface area contributed by atoms with Crippen LogP contribution in [0.4, 0.5) is 10.5 Å². The number of ether oxygens (including phenoxy) is 3. The van der Waals surface area contributed by atoms with Crippen LogP contribution in [0.1, 0.15) is 5.56 Å². The summed E-state index contributed by atoms with van der Waals surface area (Å²) in [4.78, 5) is 23.6. The number of nitrogens with zero attached hydrogens (tertiary/aromatic N) is 2. The average Bonchev–Trinajstić information content (AvgIpc) is 2.54. The van der Waals surface area contributed by atoms with E-state index in [1.807, 2.05) is 0 Å². The predicted octanol–water partition coefficient (Wildman–Crippen LogP) is 1.58. The molecule has 1 fully saturated rings. The third-order valence-corrected chi connectivity index (χ3v) is 3.23. The highest BCUT2D eigenvalue weighted by atomic mass is 16.7. The van der Waals surface area contributed by atoms with Gasteiger partial charge in [0, 0.05) is 31.8 Å². The van der Waals surface area contributed by atoms with Crippen molar-refractivity contribution in [2.75, 3.05) is 39.5 Å². The van der Waals surface area contributed by atoms with Gasteiger partial charge in [0.05, 0.1) is 18.1 Å². The largest absolute Gasteiger partial charge is 0.508 e. The fraction of sp³-hybridized carbons (Fsp3) is 0.500. The number of morpholine rings is 1. The molecule has 2 rings (SSSR count). The molecule has 1 aliphatic rings. The molecule has 0 atom stereocenters. The van der Waals surface area contributed by atoms with E-state index in [9.17, 15) is 14.9 Å². The van der Waals surface area contributed by atoms with Crippen molar-refractivity contribution in [3.8, 4) is 0 Å². The lowest BCUT2D eigenvalue weighted by Gasteiger charge is -2.25. The molecule has 22 heavy (non-hydrogen) atoms. The molecule has 120 valence electrons. The molecule has 8 nitrogen and oxygen atoms in total. The Hall–Kier alpha value is -2.19. The van der Waals surface area contributed by atoms with Gasteiger partial charge in [-0.2, -0.15) is 0 Å². The Kier molecular flexibility index (Phi) is 6.11. The summed E-state index contributed by atoms with van der Waals surface area (Å²) in [6.45, 7) is 4.00. The Labute approximate surface area is 127 Å². The van der Waals surface area contributed by atoms with Crippen LogP contribution in [-0.4, -0.2) is 55.4 Å². The zero-order valence-electron chi connectivity index (χ0n) is 12.1. The molecule has 1 heterocycles. The van der Waals surface area contributed by atoms with Gasteiger partial charge in [0.15, 0.2) is 0 Å². The monoisotopic (exact) mass is 310 g/mol. The van der Waals surface area contributed by atoms with Gasteiger partial charge in [0.25, 0.3) is 5.69 Å². The van der Waals surface area contributed by atoms with Crippen molar-refractivity contribution in [3.05, 3.63) is 39.9 Å². The molecule has 1 aromatic rings. The molecule has 0 saturated carbocycles. The normalized spacial score (nSPS) is 15.3. The molecular formula is C14H18N2O6. The summed E-state index contributed by atoms with van der Waals surface area (Å²) in [5.41, 5.74) is 0.660. The number of hydrogen-bond acceptors (Lipinski definition) is 7. The van der Waals surface area contributed by atoms with Gasteiger partial charge < -0.3 is 14.2 Å². The molecule has 8 heteroatoms. The van der Waals surface area contributed by atoms with Crippen molar-refractivity contribution in [2.24, 2.45) is 0 Å². The summed E-state index contributed by atoms with van der Waals surface area (Å²) in [6, 6.07) is 5.81. The van der Waals surface area contributed by atoms with Crippen LogP contribution >= 0.6 is 0 Å². The van der Waals surface area contributed by atoms with Gasteiger partial charge in [0.1, 0.15) is 13.2 Å². The summed E-state index contributed by atoms with van der Waals surface area (Å²) in [5, 5.41) is 10.5. The van der Waals surface area contributed by atoms with E-state index in [2.05, 4.69) is 4.90 Å². The minimum atomic E-state index is -0.744. The Morgan fingerprint density at radius 1 is 1.23 bits per heavy atom. The van der Waals surface area contributed by atoms with Crippen LogP contribution < -0.4 is 0 Å². The number of nitro groups is 1. The van der Waals surface area contributed by atoms with Crippen LogP contribution in [0.3, 0.4) is 0 Å². The van der Waals surface area contributed by atoms with Crippen LogP contribution in [0.15, 0.2) is 24.3 Å². The number of benzene rings is 1. The second-order valence-corrected chi connectivity index (χ2v) is 4.76. The van der Waals surface area contributed by atoms with E-state index in [0.717, 1.165) is 13.1 Å². The first kappa shape index (κ1) is 16.2. The van der Waals surface area contributed by atoms with Crippen LogP contribution in [0.2, 0.25) is 0 Å². The summed E-state index contributed by atoms with van der Waals surface area (Å²) in [7, 11) is 0. The van der Waals surface area contributed by atoms with Crippen LogP contribution in [0.5, 0.6) is 0 Å². The maximum Gasteiger partial charge on any atom is 0.508 e. The molecule has 0 N–H and O–H groups in total. The van der Waals surface area contributed by atoms with Crippen molar-refractivity contribution in [1.82, 2.24) is 4.90 Å². The third kappa shape index (κ3) is 5.30. The fourth-order valence-electron chi connectivity index (χ4n) is 1.98. The SMILES string of the molecule is O=C(OCCN1CCOCC1)OCc1ccc([N+](=O)[O-])cc1. The highest BCUT2D eigenvalue weighted by molar-refractivity contribution is 5.59. The fourth-order valence-corrected chi connectivity index (χ4v) is 1.98. The molecule has 1 saturated heterocycles. The van der Waals surface area contributed by atoms with Crippen molar-refractivity contribution in [2.45, 2.75) is 6.61 Å². The van der Waals surface area contributed by atoms with Crippen molar-refractivity contribution in [3.63, 3.8) is 0 Å². The molecule has 0 unspecified atom stereocenters. The zero-order valence-corrected chi connectivity index (χ0v) is 12.1. The second-order valence-electron chi connectivity index (χ2n) is 4.76. The first-order chi connectivity index (χ1) is 10.6. The predicted molar refractivity (Wildman–Crippen MR) is 76.5 cm³/mol. The molecule has 0 radical (unpaired) electrons. The second kappa shape index (κ2) is 8.30. The molecule has 1 aromatic carbocycles. The standard InChI is InChI=1S/C14H18N2O6/c17-14(21-10-7-15-5-8-20-9-6-15)22-11-12-1-3-13(4-2-12)16(18)19/h1-4H,5-11H2. The molecule has 0 aromatic heterocycles. The van der Waals surface area contributed by atoms with Gasteiger partial charge in [-0.3, -0.25) is 15.0 Å². The minimum absolute atomic E-state index is 0.00293. The smallest absolute Gasteiger partial charge is 0.433 e. The van der Waals surface area contributed by atoms with Crippen molar-refractivity contribution < 1.29 is 23.9 Å². The maximum absolute atomic E-state index is 11.4. The van der Waals surface area contributed by atoms with E-state index >= 15 is 0 Å². The van der Waals surface area contributed by atoms with E-state index in [-0.39, 0.29) is 18.9 Å². The van der Waals surface area contributed by atoms with Gasteiger partial charge in [-0.25, -0.2) is 4.79 Å². The van der Waals surface area contributed by atoms with Gasteiger partial charge >= 0.3 is 6.16 Å². The van der Waals surface area contributed by atoms with Crippen LogP contribution in [-0.2, 0) is 20.8 Å². The number of carbonyl (C=O) groups excluding carboxylic acids is 1. The highest BCUT2D eigenvalue weighted by Gasteiger charge is 2.11. The highest BCUT2D eigenvalue weighted by Crippen LogP contribution is 2.12. The number of carbonyl (C=O) groups is 1. The van der Waals surface area contributed by atoms with E-state index in [4.69, 9.17) is 14.2 Å². The molecule has 1 aliphatic heterocycles. The Bertz CT molecular complexity index is 499. The Morgan fingerprint density at radius 3 is 2.55 bits per heavy atom. The van der Waals surface area contributed by atoms with Gasteiger partial charge in [-0.05, 0) is 17.7 Å². The van der Waals surface area contributed by atoms with Gasteiger partial charge in [0.2, 0.25) is 0 Å². The van der Waals surface area contributed by atoms with Gasteiger partial charge in [-0.15, -0.1) is 0 Å². The number of rotatable bonds is 6. The van der Waals surface area contributed by atoms with Crippen LogP contribution in [0, 0.1) is 10.1 Å². The Balaban J connectivity index is 1.63. The number of hydrogen-bond donors (Lipinski definition) is 0. The van der Waals surface area contributed by atoms with E-state index in [0.29, 0.717) is 25.3 Å². The maximum atomic E-state index is 11.4. The van der Waals surface area contributed by atoms with Gasteiger partial charge in [-0.1, -0.05) is 0 Å². The lowest BCUT2D eigenvalue weighted by molar-refractivity contribution is -0.384. The summed E-state index contributed by atoms with van der Waals surface area (Å²) >= 11 is 0. The summed E-state index contributed by atoms with van der Waals surface area (Å²) in [5.74, 6) is 0. The summed E-state index contributed by atoms with van der Waals surface area (Å²) < 4.78 is 15.1. The lowest BCUT2D eigenvalue weighted by atomic mass is 10.2. The minimum Gasteiger partial charge on any atom is -0.433 e. The Morgan fingerprint density at radius 2 is 1.91 bits per heavy atom. The number of non-ortho nitro benzene ring substituents is 1. The van der Waals surface area contributed by atoms with E-state index in [1.165, 1.54) is 12.1 Å². The van der Waals surface area contributed by atoms with Crippen LogP contribution in [0.25, 0.3) is 0 Å². The van der Waals surface area contributed by atoms with E-state index < -0.39 is 11.1 Å².